The highest BCUT2D eigenvalue weighted by Gasteiger charge is 2.22. The maximum atomic E-state index is 11.5. The topological polar surface area (TPSA) is 46.2 Å². The van der Waals surface area contributed by atoms with Gasteiger partial charge in [-0.2, -0.15) is 0 Å². The molecule has 2 radical (unpaired) electrons. The van der Waals surface area contributed by atoms with Crippen LogP contribution in [0.3, 0.4) is 0 Å². The molecule has 0 fully saturated rings. The minimum atomic E-state index is -0.0958. The van der Waals surface area contributed by atoms with Crippen molar-refractivity contribution in [3.05, 3.63) is 60.2 Å². The Hall–Kier alpha value is -0.370. The van der Waals surface area contributed by atoms with E-state index in [9.17, 15) is 9.90 Å². The van der Waals surface area contributed by atoms with Gasteiger partial charge in [-0.25, -0.2) is 4.79 Å². The molecule has 0 aromatic heterocycles. The molecule has 0 saturated heterocycles. The molecule has 1 aliphatic carbocycles. The minimum Gasteiger partial charge on any atom is -0.418 e. The molecule has 1 aromatic carbocycles. The van der Waals surface area contributed by atoms with Crippen molar-refractivity contribution in [3.8, 4) is 5.75 Å². The monoisotopic (exact) mass is 566 g/mol. The second-order valence-corrected chi connectivity index (χ2v) is 8.43. The van der Waals surface area contributed by atoms with Crippen LogP contribution in [-0.2, 0) is 21.1 Å². The molecule has 0 bridgehead atoms. The lowest BCUT2D eigenvalue weighted by molar-refractivity contribution is 0.354. The normalized spacial score (nSPS) is 19.8. The number of rotatable bonds is 4. The van der Waals surface area contributed by atoms with Crippen molar-refractivity contribution in [2.75, 3.05) is 0 Å². The molecule has 1 atom stereocenters. The number of carbonyl (C=O) groups excluding carboxylic acids is 1. The summed E-state index contributed by atoms with van der Waals surface area (Å²) in [4.78, 5) is 10.3. The number of alkyl halides is 1. The van der Waals surface area contributed by atoms with Crippen LogP contribution in [0.15, 0.2) is 54.6 Å². The van der Waals surface area contributed by atoms with Crippen LogP contribution in [0.2, 0.25) is 0 Å². The molecule has 23 heavy (non-hydrogen) atoms. The van der Waals surface area contributed by atoms with Gasteiger partial charge in [0.25, 0.3) is 0 Å². The van der Waals surface area contributed by atoms with E-state index in [0.717, 1.165) is 30.1 Å². The van der Waals surface area contributed by atoms with E-state index in [0.29, 0.717) is 12.2 Å². The molecule has 1 aliphatic rings. The number of allylic oxidation sites excluding steroid dienone is 5. The Bertz CT molecular complexity index is 712. The molecule has 120 valence electrons. The molecule has 2 rings (SSSR count). The van der Waals surface area contributed by atoms with Crippen molar-refractivity contribution in [1.29, 1.82) is 0 Å². The van der Waals surface area contributed by atoms with Crippen LogP contribution in [0.1, 0.15) is 12.5 Å². The first kappa shape index (κ1) is 19.0. The second kappa shape index (κ2) is 8.14. The Kier molecular flexibility index (Phi) is 6.71. The van der Waals surface area contributed by atoms with E-state index in [-0.39, 0.29) is 10.6 Å². The van der Waals surface area contributed by atoms with Crippen molar-refractivity contribution in [3.63, 3.8) is 0 Å². The first-order valence-electron chi connectivity index (χ1n) is 6.45. The first-order chi connectivity index (χ1) is 10.8. The average Bonchev–Trinajstić information content (AvgIpc) is 2.42. The highest BCUT2D eigenvalue weighted by molar-refractivity contribution is 9.12. The molecule has 0 heterocycles. The van der Waals surface area contributed by atoms with Crippen LogP contribution in [0, 0.1) is 0 Å². The fraction of sp³-hybridized carbons (Fsp3) is 0.188. The van der Waals surface area contributed by atoms with E-state index < -0.39 is 0 Å². The molecule has 0 spiro atoms. The predicted octanol–water partition coefficient (Wildman–Crippen LogP) is 6.24. The van der Waals surface area contributed by atoms with Gasteiger partial charge in [0.05, 0.1) is 4.83 Å². The molecule has 0 saturated carbocycles. The molecule has 3 nitrogen and oxygen atoms in total. The van der Waals surface area contributed by atoms with Crippen LogP contribution >= 0.6 is 63.7 Å². The number of benzene rings is 1. The van der Waals surface area contributed by atoms with Gasteiger partial charge in [-0.3, -0.25) is 5.11 Å². The summed E-state index contributed by atoms with van der Waals surface area (Å²) >= 11 is 14.0. The third-order valence-corrected chi connectivity index (χ3v) is 6.08. The number of hydrogen-bond acceptors (Lipinski definition) is 2. The molecule has 7 heteroatoms. The fourth-order valence-electron chi connectivity index (χ4n) is 2.27. The van der Waals surface area contributed by atoms with Crippen molar-refractivity contribution in [2.45, 2.75) is 18.2 Å². The van der Waals surface area contributed by atoms with Gasteiger partial charge in [-0.15, -0.1) is 0 Å². The summed E-state index contributed by atoms with van der Waals surface area (Å²) in [5.74, 6) is 0.383. The third-order valence-electron chi connectivity index (χ3n) is 3.29. The van der Waals surface area contributed by atoms with Gasteiger partial charge in [-0.1, -0.05) is 69.3 Å². The molecule has 0 N–H and O–H groups in total. The van der Waals surface area contributed by atoms with Crippen LogP contribution in [0.4, 0.5) is 0 Å². The lowest BCUT2D eigenvalue weighted by Crippen LogP contribution is -2.10. The molecular weight excluding hydrogens is 560 g/mol. The van der Waals surface area contributed by atoms with Crippen molar-refractivity contribution < 1.29 is 14.6 Å². The lowest BCUT2D eigenvalue weighted by Gasteiger charge is -2.20. The summed E-state index contributed by atoms with van der Waals surface area (Å²) < 4.78 is 7.14. The second-order valence-electron chi connectivity index (χ2n) is 4.88. The molecule has 1 aromatic rings. The third kappa shape index (κ3) is 4.59. The van der Waals surface area contributed by atoms with Gasteiger partial charge >= 0.3 is 6.47 Å². The Labute approximate surface area is 168 Å². The van der Waals surface area contributed by atoms with Gasteiger partial charge < -0.3 is 4.74 Å². The van der Waals surface area contributed by atoms with Crippen molar-refractivity contribution >= 4 is 70.2 Å². The van der Waals surface area contributed by atoms with E-state index in [1.165, 1.54) is 6.47 Å². The zero-order chi connectivity index (χ0) is 17.1. The van der Waals surface area contributed by atoms with Gasteiger partial charge in [0.2, 0.25) is 0 Å². The van der Waals surface area contributed by atoms with E-state index >= 15 is 0 Å². The smallest absolute Gasteiger partial charge is 0.418 e. The Morgan fingerprint density at radius 3 is 2.39 bits per heavy atom. The summed E-state index contributed by atoms with van der Waals surface area (Å²) in [6.07, 6.45) is 4.18. The SMILES string of the molecule is CC(Cc1c(Br)cc([O])cc1Br)=C1C(Br)=CC(O[C]=O)=CC1Br. The van der Waals surface area contributed by atoms with Gasteiger partial charge in [0.15, 0.2) is 5.75 Å². The Morgan fingerprint density at radius 1 is 1.26 bits per heavy atom. The quantitative estimate of drug-likeness (QED) is 0.403. The molecule has 0 aliphatic heterocycles. The minimum absolute atomic E-state index is 0.0512. The summed E-state index contributed by atoms with van der Waals surface area (Å²) in [5.41, 5.74) is 3.16. The number of hydrogen-bond donors (Lipinski definition) is 0. The Balaban J connectivity index is 2.36. The van der Waals surface area contributed by atoms with E-state index in [4.69, 9.17) is 4.74 Å². The van der Waals surface area contributed by atoms with E-state index in [1.807, 2.05) is 6.92 Å². The van der Waals surface area contributed by atoms with Crippen molar-refractivity contribution in [1.82, 2.24) is 0 Å². The zero-order valence-electron chi connectivity index (χ0n) is 11.8. The largest absolute Gasteiger partial charge is 0.423 e. The highest BCUT2D eigenvalue weighted by atomic mass is 79.9. The zero-order valence-corrected chi connectivity index (χ0v) is 18.2. The van der Waals surface area contributed by atoms with Gasteiger partial charge in [0.1, 0.15) is 5.76 Å². The van der Waals surface area contributed by atoms with Crippen LogP contribution < -0.4 is 0 Å². The first-order valence-corrected chi connectivity index (χ1v) is 9.75. The number of halogens is 4. The standard InChI is InChI=1S/C16H10Br4O3/c1-8(2-11-12(17)3-9(22)4-13(11)18)16-14(19)5-10(23-7-21)6-15(16)20/h3-6,14H,2H2,1H3. The molecule has 0 amide bonds. The predicted molar refractivity (Wildman–Crippen MR) is 103 cm³/mol. The van der Waals surface area contributed by atoms with E-state index in [1.54, 1.807) is 24.3 Å². The van der Waals surface area contributed by atoms with Crippen LogP contribution in [0.25, 0.3) is 0 Å². The molecule has 1 unspecified atom stereocenters. The summed E-state index contributed by atoms with van der Waals surface area (Å²) in [6.45, 7) is 3.44. The summed E-state index contributed by atoms with van der Waals surface area (Å²) in [7, 11) is 0. The molecular formula is C16H10Br4O3. The summed E-state index contributed by atoms with van der Waals surface area (Å²) in [5, 5.41) is 11.5. The summed E-state index contributed by atoms with van der Waals surface area (Å²) in [6, 6.07) is 3.11. The van der Waals surface area contributed by atoms with E-state index in [2.05, 4.69) is 63.7 Å². The highest BCUT2D eigenvalue weighted by Crippen LogP contribution is 2.38. The maximum Gasteiger partial charge on any atom is 0.423 e. The van der Waals surface area contributed by atoms with Crippen molar-refractivity contribution in [2.24, 2.45) is 0 Å². The number of ether oxygens (including phenoxy) is 1. The van der Waals surface area contributed by atoms with Gasteiger partial charge in [-0.05, 0) is 48.8 Å². The van der Waals surface area contributed by atoms with Crippen LogP contribution in [0.5, 0.6) is 5.75 Å². The van der Waals surface area contributed by atoms with Gasteiger partial charge in [0, 0.05) is 13.4 Å². The Morgan fingerprint density at radius 2 is 1.87 bits per heavy atom. The lowest BCUT2D eigenvalue weighted by atomic mass is 9.96. The average molecular weight is 570 g/mol. The maximum absolute atomic E-state index is 11.5. The van der Waals surface area contributed by atoms with Crippen LogP contribution in [-0.4, -0.2) is 11.3 Å². The fourth-order valence-corrected chi connectivity index (χ4v) is 5.71.